The minimum Gasteiger partial charge on any atom is -0.469 e. The highest BCUT2D eigenvalue weighted by Crippen LogP contribution is 2.30. The van der Waals surface area contributed by atoms with E-state index < -0.39 is 0 Å². The summed E-state index contributed by atoms with van der Waals surface area (Å²) in [5.74, 6) is -0.171. The Morgan fingerprint density at radius 2 is 2.45 bits per heavy atom. The molecule has 0 amide bonds. The Morgan fingerprint density at radius 3 is 3.20 bits per heavy atom. The summed E-state index contributed by atoms with van der Waals surface area (Å²) in [5.41, 5.74) is 0. The third kappa shape index (κ3) is 3.93. The second-order valence-corrected chi connectivity index (χ2v) is 5.93. The number of methoxy groups -OCH3 is 1. The molecular formula is C14H22N2O3S. The van der Waals surface area contributed by atoms with Crippen molar-refractivity contribution in [1.29, 1.82) is 0 Å². The van der Waals surface area contributed by atoms with Crippen molar-refractivity contribution in [3.05, 3.63) is 11.1 Å². The quantitative estimate of drug-likeness (QED) is 0.723. The molecule has 2 heterocycles. The monoisotopic (exact) mass is 298 g/mol. The first kappa shape index (κ1) is 15.3. The van der Waals surface area contributed by atoms with Crippen LogP contribution in [0.4, 0.5) is 5.13 Å². The van der Waals surface area contributed by atoms with Crippen molar-refractivity contribution in [2.24, 2.45) is 0 Å². The number of aromatic nitrogens is 1. The summed E-state index contributed by atoms with van der Waals surface area (Å²) in [6.07, 6.45) is 5.35. The average Bonchev–Trinajstić information content (AvgIpc) is 3.10. The number of carbonyl (C=O) groups excluding carboxylic acids is 1. The van der Waals surface area contributed by atoms with Gasteiger partial charge in [0.05, 0.1) is 26.2 Å². The number of rotatable bonds is 7. The van der Waals surface area contributed by atoms with Gasteiger partial charge >= 0.3 is 5.97 Å². The molecule has 0 N–H and O–H groups in total. The van der Waals surface area contributed by atoms with Gasteiger partial charge < -0.3 is 14.4 Å². The van der Waals surface area contributed by atoms with E-state index in [9.17, 15) is 4.79 Å². The first-order valence-corrected chi connectivity index (χ1v) is 7.92. The van der Waals surface area contributed by atoms with Gasteiger partial charge in [-0.2, -0.15) is 0 Å². The first-order valence-electron chi connectivity index (χ1n) is 7.10. The number of aryl methyl sites for hydroxylation is 1. The minimum absolute atomic E-state index is 0.171. The molecule has 2 rings (SSSR count). The van der Waals surface area contributed by atoms with E-state index in [2.05, 4.69) is 14.6 Å². The maximum absolute atomic E-state index is 11.2. The average molecular weight is 298 g/mol. The van der Waals surface area contributed by atoms with Gasteiger partial charge in [0.1, 0.15) is 0 Å². The zero-order valence-corrected chi connectivity index (χ0v) is 12.9. The lowest BCUT2D eigenvalue weighted by molar-refractivity contribution is -0.140. The second kappa shape index (κ2) is 7.59. The number of nitrogens with zero attached hydrogens (tertiary/aromatic N) is 2. The summed E-state index contributed by atoms with van der Waals surface area (Å²) in [6, 6.07) is 0.439. The highest BCUT2D eigenvalue weighted by atomic mass is 32.1. The molecule has 6 heteroatoms. The van der Waals surface area contributed by atoms with E-state index in [4.69, 9.17) is 4.74 Å². The predicted molar refractivity (Wildman–Crippen MR) is 79.3 cm³/mol. The van der Waals surface area contributed by atoms with E-state index >= 15 is 0 Å². The normalized spacial score (nSPS) is 18.5. The van der Waals surface area contributed by atoms with Crippen molar-refractivity contribution < 1.29 is 14.3 Å². The van der Waals surface area contributed by atoms with Gasteiger partial charge in [0.15, 0.2) is 5.13 Å². The van der Waals surface area contributed by atoms with Crippen LogP contribution in [0, 0.1) is 0 Å². The molecule has 0 bridgehead atoms. The lowest BCUT2D eigenvalue weighted by Crippen LogP contribution is -2.32. The molecule has 1 aliphatic heterocycles. The van der Waals surface area contributed by atoms with Crippen LogP contribution >= 0.6 is 11.3 Å². The van der Waals surface area contributed by atoms with Crippen LogP contribution in [0.3, 0.4) is 0 Å². The van der Waals surface area contributed by atoms with Gasteiger partial charge in [-0.1, -0.05) is 0 Å². The lowest BCUT2D eigenvalue weighted by atomic mass is 10.2. The molecule has 1 aliphatic rings. The van der Waals surface area contributed by atoms with E-state index in [1.165, 1.54) is 13.5 Å². The molecule has 0 unspecified atom stereocenters. The Balaban J connectivity index is 1.92. The molecule has 0 spiro atoms. The topological polar surface area (TPSA) is 51.7 Å². The SMILES string of the molecule is CCOC[C@@H]1CCCN1c1ncc(CCC(=O)OC)s1. The van der Waals surface area contributed by atoms with Gasteiger partial charge in [-0.15, -0.1) is 11.3 Å². The fourth-order valence-electron chi connectivity index (χ4n) is 2.39. The molecule has 0 radical (unpaired) electrons. The molecular weight excluding hydrogens is 276 g/mol. The zero-order valence-electron chi connectivity index (χ0n) is 12.1. The van der Waals surface area contributed by atoms with Crippen molar-refractivity contribution >= 4 is 22.4 Å². The highest BCUT2D eigenvalue weighted by molar-refractivity contribution is 7.15. The van der Waals surface area contributed by atoms with Crippen molar-refractivity contribution in [2.45, 2.75) is 38.6 Å². The van der Waals surface area contributed by atoms with Crippen LogP contribution in [0.25, 0.3) is 0 Å². The number of esters is 1. The largest absolute Gasteiger partial charge is 0.469 e. The standard InChI is InChI=1S/C14H22N2O3S/c1-3-19-10-11-5-4-8-16(11)14-15-9-12(20-14)6-7-13(17)18-2/h9,11H,3-8,10H2,1-2H3/t11-/m0/s1. The van der Waals surface area contributed by atoms with Crippen LogP contribution in [-0.4, -0.2) is 43.9 Å². The van der Waals surface area contributed by atoms with Gasteiger partial charge in [0, 0.05) is 24.2 Å². The molecule has 1 atom stereocenters. The Labute approximate surface area is 123 Å². The van der Waals surface area contributed by atoms with Crippen LogP contribution in [0.2, 0.25) is 0 Å². The number of hydrogen-bond acceptors (Lipinski definition) is 6. The Kier molecular flexibility index (Phi) is 5.79. The molecule has 1 aromatic heterocycles. The molecule has 1 fully saturated rings. The van der Waals surface area contributed by atoms with Crippen LogP contribution in [0.1, 0.15) is 31.1 Å². The van der Waals surface area contributed by atoms with Gasteiger partial charge in [0.2, 0.25) is 0 Å². The maximum atomic E-state index is 11.2. The Hall–Kier alpha value is -1.14. The third-order valence-corrected chi connectivity index (χ3v) is 4.58. The Bertz CT molecular complexity index is 436. The summed E-state index contributed by atoms with van der Waals surface area (Å²) in [6.45, 7) is 4.59. The van der Waals surface area contributed by atoms with Crippen molar-refractivity contribution in [1.82, 2.24) is 4.98 Å². The Morgan fingerprint density at radius 1 is 1.60 bits per heavy atom. The molecule has 20 heavy (non-hydrogen) atoms. The smallest absolute Gasteiger partial charge is 0.305 e. The fourth-order valence-corrected chi connectivity index (χ4v) is 3.39. The summed E-state index contributed by atoms with van der Waals surface area (Å²) in [7, 11) is 1.42. The second-order valence-electron chi connectivity index (χ2n) is 4.83. The van der Waals surface area contributed by atoms with E-state index in [-0.39, 0.29) is 5.97 Å². The van der Waals surface area contributed by atoms with Gasteiger partial charge in [-0.25, -0.2) is 4.98 Å². The van der Waals surface area contributed by atoms with Gasteiger partial charge in [-0.3, -0.25) is 4.79 Å². The molecule has 0 aliphatic carbocycles. The van der Waals surface area contributed by atoms with Gasteiger partial charge in [-0.05, 0) is 26.2 Å². The van der Waals surface area contributed by atoms with E-state index in [0.717, 1.165) is 36.2 Å². The predicted octanol–water partition coefficient (Wildman–Crippen LogP) is 2.25. The third-order valence-electron chi connectivity index (χ3n) is 3.48. The first-order chi connectivity index (χ1) is 9.74. The van der Waals surface area contributed by atoms with E-state index in [0.29, 0.717) is 18.9 Å². The molecule has 5 nitrogen and oxygen atoms in total. The minimum atomic E-state index is -0.171. The fraction of sp³-hybridized carbons (Fsp3) is 0.714. The molecule has 1 aromatic rings. The van der Waals surface area contributed by atoms with Crippen LogP contribution in [0.15, 0.2) is 6.20 Å². The van der Waals surface area contributed by atoms with Crippen LogP contribution in [0.5, 0.6) is 0 Å². The number of thiazole rings is 1. The molecule has 0 aromatic carbocycles. The lowest BCUT2D eigenvalue weighted by Gasteiger charge is -2.23. The summed E-state index contributed by atoms with van der Waals surface area (Å²) in [4.78, 5) is 19.1. The molecule has 1 saturated heterocycles. The molecule has 0 saturated carbocycles. The maximum Gasteiger partial charge on any atom is 0.305 e. The number of ether oxygens (including phenoxy) is 2. The van der Waals surface area contributed by atoms with Crippen molar-refractivity contribution in [3.63, 3.8) is 0 Å². The number of anilines is 1. The van der Waals surface area contributed by atoms with Crippen LogP contribution in [-0.2, 0) is 20.7 Å². The summed E-state index contributed by atoms with van der Waals surface area (Å²) in [5, 5.41) is 1.05. The van der Waals surface area contributed by atoms with E-state index in [1.54, 1.807) is 11.3 Å². The number of carbonyl (C=O) groups is 1. The molecule has 112 valence electrons. The van der Waals surface area contributed by atoms with E-state index in [1.807, 2.05) is 13.1 Å². The summed E-state index contributed by atoms with van der Waals surface area (Å²) < 4.78 is 10.2. The van der Waals surface area contributed by atoms with Crippen molar-refractivity contribution in [2.75, 3.05) is 31.8 Å². The van der Waals surface area contributed by atoms with Gasteiger partial charge in [0.25, 0.3) is 0 Å². The highest BCUT2D eigenvalue weighted by Gasteiger charge is 2.26. The van der Waals surface area contributed by atoms with Crippen molar-refractivity contribution in [3.8, 4) is 0 Å². The summed E-state index contributed by atoms with van der Waals surface area (Å²) >= 11 is 1.67. The van der Waals surface area contributed by atoms with Crippen LogP contribution < -0.4 is 4.90 Å². The number of hydrogen-bond donors (Lipinski definition) is 0. The zero-order chi connectivity index (χ0) is 14.4.